The number of esters is 1. The van der Waals surface area contributed by atoms with Gasteiger partial charge in [-0.3, -0.25) is 24.6 Å². The maximum atomic E-state index is 13.1. The molecule has 0 aromatic heterocycles. The lowest BCUT2D eigenvalue weighted by Crippen LogP contribution is -2.55. The highest BCUT2D eigenvalue weighted by Crippen LogP contribution is 2.38. The van der Waals surface area contributed by atoms with E-state index in [1.807, 2.05) is 13.0 Å². The predicted molar refractivity (Wildman–Crippen MR) is 105 cm³/mol. The van der Waals surface area contributed by atoms with Crippen LogP contribution in [0.4, 0.5) is 0 Å². The number of hydrogen-bond donors (Lipinski definition) is 0. The molecule has 1 aliphatic rings. The Morgan fingerprint density at radius 3 is 2.48 bits per heavy atom. The number of imide groups is 1. The molecule has 1 aromatic rings. The molecule has 2 amide bonds. The van der Waals surface area contributed by atoms with E-state index in [2.05, 4.69) is 0 Å². The minimum Gasteiger partial charge on any atom is -0.461 e. The summed E-state index contributed by atoms with van der Waals surface area (Å²) in [6, 6.07) is 8.92. The highest BCUT2D eigenvalue weighted by Gasteiger charge is 2.65. The van der Waals surface area contributed by atoms with E-state index in [0.717, 1.165) is 23.3 Å². The number of unbranched alkanes of at least 4 members (excludes halogenated alkanes) is 3. The van der Waals surface area contributed by atoms with Gasteiger partial charge in [-0.15, -0.1) is 0 Å². The van der Waals surface area contributed by atoms with Gasteiger partial charge in [-0.05, 0) is 18.9 Å². The van der Waals surface area contributed by atoms with E-state index in [1.54, 1.807) is 31.2 Å². The van der Waals surface area contributed by atoms with Crippen LogP contribution in [-0.2, 0) is 25.7 Å². The van der Waals surface area contributed by atoms with Gasteiger partial charge >= 0.3 is 11.5 Å². The Labute approximate surface area is 170 Å². The van der Waals surface area contributed by atoms with Crippen molar-refractivity contribution in [3.8, 4) is 0 Å². The Morgan fingerprint density at radius 2 is 1.90 bits per heavy atom. The molecule has 1 heterocycles. The SMILES string of the molecule is CCCCCC[C@@](C(=O)OCC)([C@@H]1CC(=O)N(Cc2ccccc2)C1=O)[N+](=O)[O-]. The first-order chi connectivity index (χ1) is 13.9. The van der Waals surface area contributed by atoms with E-state index in [0.29, 0.717) is 12.8 Å². The molecular formula is C21H28N2O6. The van der Waals surface area contributed by atoms with Crippen molar-refractivity contribution in [3.63, 3.8) is 0 Å². The summed E-state index contributed by atoms with van der Waals surface area (Å²) >= 11 is 0. The molecule has 0 saturated carbocycles. The topological polar surface area (TPSA) is 107 Å². The van der Waals surface area contributed by atoms with Gasteiger partial charge in [0.2, 0.25) is 11.8 Å². The van der Waals surface area contributed by atoms with Crippen molar-refractivity contribution < 1.29 is 24.0 Å². The normalized spacial score (nSPS) is 18.6. The number of nitrogens with zero attached hydrogens (tertiary/aromatic N) is 2. The van der Waals surface area contributed by atoms with Crippen molar-refractivity contribution in [3.05, 3.63) is 46.0 Å². The van der Waals surface area contributed by atoms with Gasteiger partial charge in [-0.2, -0.15) is 0 Å². The summed E-state index contributed by atoms with van der Waals surface area (Å²) in [5, 5.41) is 12.1. The monoisotopic (exact) mass is 404 g/mol. The van der Waals surface area contributed by atoms with Crippen LogP contribution in [0.1, 0.15) is 57.9 Å². The van der Waals surface area contributed by atoms with Crippen LogP contribution < -0.4 is 0 Å². The summed E-state index contributed by atoms with van der Waals surface area (Å²) in [5.41, 5.74) is -1.50. The Morgan fingerprint density at radius 1 is 1.21 bits per heavy atom. The molecule has 2 atom stereocenters. The van der Waals surface area contributed by atoms with Gasteiger partial charge in [0.15, 0.2) is 0 Å². The molecule has 0 N–H and O–H groups in total. The first-order valence-corrected chi connectivity index (χ1v) is 10.1. The number of nitro groups is 1. The molecule has 1 fully saturated rings. The highest BCUT2D eigenvalue weighted by atomic mass is 16.6. The van der Waals surface area contributed by atoms with Crippen molar-refractivity contribution in [2.75, 3.05) is 6.61 Å². The molecule has 158 valence electrons. The first kappa shape index (κ1) is 22.5. The van der Waals surface area contributed by atoms with Crippen molar-refractivity contribution in [2.24, 2.45) is 5.92 Å². The zero-order chi connectivity index (χ0) is 21.4. The van der Waals surface area contributed by atoms with Crippen LogP contribution in [0.3, 0.4) is 0 Å². The molecule has 0 bridgehead atoms. The number of amides is 2. The lowest BCUT2D eigenvalue weighted by molar-refractivity contribution is -0.564. The molecule has 29 heavy (non-hydrogen) atoms. The fraction of sp³-hybridized carbons (Fsp3) is 0.571. The van der Waals surface area contributed by atoms with E-state index in [1.165, 1.54) is 0 Å². The molecule has 0 unspecified atom stereocenters. The number of carbonyl (C=O) groups is 3. The molecule has 1 aliphatic heterocycles. The average Bonchev–Trinajstić information content (AvgIpc) is 2.97. The summed E-state index contributed by atoms with van der Waals surface area (Å²) in [6.45, 7) is 3.56. The number of hydrogen-bond acceptors (Lipinski definition) is 6. The lowest BCUT2D eigenvalue weighted by atomic mass is 9.78. The van der Waals surface area contributed by atoms with Gasteiger partial charge in [-0.25, -0.2) is 4.79 Å². The Balaban J connectivity index is 2.33. The Kier molecular flexibility index (Phi) is 7.87. The summed E-state index contributed by atoms with van der Waals surface area (Å²) in [7, 11) is 0. The largest absolute Gasteiger partial charge is 0.461 e. The Bertz CT molecular complexity index is 751. The van der Waals surface area contributed by atoms with E-state index in [-0.39, 0.29) is 26.0 Å². The van der Waals surface area contributed by atoms with Crippen LogP contribution in [0.5, 0.6) is 0 Å². The van der Waals surface area contributed by atoms with E-state index in [9.17, 15) is 24.5 Å². The van der Waals surface area contributed by atoms with Gasteiger partial charge in [0, 0.05) is 17.8 Å². The maximum Gasteiger partial charge on any atom is 0.385 e. The molecule has 2 rings (SSSR count). The van der Waals surface area contributed by atoms with Crippen LogP contribution in [0.15, 0.2) is 30.3 Å². The number of rotatable bonds is 11. The highest BCUT2D eigenvalue weighted by molar-refractivity contribution is 6.06. The molecular weight excluding hydrogens is 376 g/mol. The van der Waals surface area contributed by atoms with Gasteiger partial charge in [-0.1, -0.05) is 56.5 Å². The molecule has 1 saturated heterocycles. The van der Waals surface area contributed by atoms with Crippen LogP contribution in [0.25, 0.3) is 0 Å². The second-order valence-electron chi connectivity index (χ2n) is 7.27. The fourth-order valence-corrected chi connectivity index (χ4v) is 3.78. The zero-order valence-corrected chi connectivity index (χ0v) is 17.0. The summed E-state index contributed by atoms with van der Waals surface area (Å²) in [6.07, 6.45) is 2.42. The molecule has 0 radical (unpaired) electrons. The Hall–Kier alpha value is -2.77. The summed E-state index contributed by atoms with van der Waals surface area (Å²) < 4.78 is 5.01. The average molecular weight is 404 g/mol. The molecule has 0 spiro atoms. The van der Waals surface area contributed by atoms with Crippen LogP contribution in [0, 0.1) is 16.0 Å². The lowest BCUT2D eigenvalue weighted by Gasteiger charge is -2.27. The van der Waals surface area contributed by atoms with E-state index < -0.39 is 34.2 Å². The number of benzene rings is 1. The third kappa shape index (κ3) is 4.81. The van der Waals surface area contributed by atoms with Crippen LogP contribution in [-0.4, -0.2) is 39.8 Å². The van der Waals surface area contributed by atoms with Crippen molar-refractivity contribution in [1.82, 2.24) is 4.90 Å². The second kappa shape index (κ2) is 10.1. The second-order valence-corrected chi connectivity index (χ2v) is 7.27. The van der Waals surface area contributed by atoms with Gasteiger partial charge < -0.3 is 4.74 Å². The zero-order valence-electron chi connectivity index (χ0n) is 17.0. The third-order valence-electron chi connectivity index (χ3n) is 5.37. The van der Waals surface area contributed by atoms with Gasteiger partial charge in [0.25, 0.3) is 0 Å². The predicted octanol–water partition coefficient (Wildman–Crippen LogP) is 3.11. The number of carbonyl (C=O) groups excluding carboxylic acids is 3. The molecule has 0 aliphatic carbocycles. The van der Waals surface area contributed by atoms with Crippen LogP contribution >= 0.6 is 0 Å². The van der Waals surface area contributed by atoms with E-state index in [4.69, 9.17) is 4.74 Å². The fourth-order valence-electron chi connectivity index (χ4n) is 3.78. The summed E-state index contributed by atoms with van der Waals surface area (Å²) in [4.78, 5) is 50.8. The minimum absolute atomic E-state index is 0.0292. The minimum atomic E-state index is -2.23. The molecule has 8 nitrogen and oxygen atoms in total. The standard InChI is InChI=1S/C21H28N2O6/c1-3-5-6-10-13-21(23(27)28,20(26)29-4-2)17-14-18(24)22(19(17)25)15-16-11-8-7-9-12-16/h7-9,11-12,17H,3-6,10,13-15H2,1-2H3/t17-,21+/m1/s1. The van der Waals surface area contributed by atoms with Crippen LogP contribution in [0.2, 0.25) is 0 Å². The van der Waals surface area contributed by atoms with Gasteiger partial charge in [0.1, 0.15) is 5.92 Å². The molecule has 8 heteroatoms. The van der Waals surface area contributed by atoms with Gasteiger partial charge in [0.05, 0.1) is 13.2 Å². The smallest absolute Gasteiger partial charge is 0.385 e. The van der Waals surface area contributed by atoms with Crippen molar-refractivity contribution in [1.29, 1.82) is 0 Å². The summed E-state index contributed by atoms with van der Waals surface area (Å²) in [5.74, 6) is -3.57. The van der Waals surface area contributed by atoms with Crippen molar-refractivity contribution >= 4 is 17.8 Å². The third-order valence-corrected chi connectivity index (χ3v) is 5.37. The number of likely N-dealkylation sites (tertiary alicyclic amines) is 1. The molecule has 1 aromatic carbocycles. The quantitative estimate of drug-likeness (QED) is 0.184. The van der Waals surface area contributed by atoms with Crippen molar-refractivity contribution in [2.45, 2.75) is 64.5 Å². The maximum absolute atomic E-state index is 13.1. The number of ether oxygens (including phenoxy) is 1. The van der Waals surface area contributed by atoms with E-state index >= 15 is 0 Å². The first-order valence-electron chi connectivity index (χ1n) is 10.1.